The number of hydrogen-bond acceptors (Lipinski definition) is 4. The van der Waals surface area contributed by atoms with Gasteiger partial charge < -0.3 is 14.9 Å². The average Bonchev–Trinajstić information content (AvgIpc) is 2.90. The first kappa shape index (κ1) is 17.4. The second-order valence-electron chi connectivity index (χ2n) is 7.34. The molecule has 128 valence electrons. The van der Waals surface area contributed by atoms with E-state index in [1.807, 2.05) is 20.8 Å². The summed E-state index contributed by atoms with van der Waals surface area (Å²) in [5.74, 6) is 0. The predicted octanol–water partition coefficient (Wildman–Crippen LogP) is 3.42. The molecular weight excluding hydrogens is 292 g/mol. The normalized spacial score (nSPS) is 19.1. The smallest absolute Gasteiger partial charge is 0.233 e. The summed E-state index contributed by atoms with van der Waals surface area (Å²) in [5.41, 5.74) is 3.42. The van der Waals surface area contributed by atoms with Gasteiger partial charge in [0.25, 0.3) is 0 Å². The highest BCUT2D eigenvalue weighted by Gasteiger charge is 2.27. The molecule has 1 aliphatic heterocycles. The summed E-state index contributed by atoms with van der Waals surface area (Å²) in [7, 11) is 1.70. The Morgan fingerprint density at radius 2 is 1.87 bits per heavy atom. The van der Waals surface area contributed by atoms with Crippen LogP contribution in [0.15, 0.2) is 23.5 Å². The van der Waals surface area contributed by atoms with Crippen molar-refractivity contribution in [1.82, 2.24) is 5.01 Å². The Morgan fingerprint density at radius 3 is 2.43 bits per heavy atom. The van der Waals surface area contributed by atoms with Gasteiger partial charge in [0.15, 0.2) is 6.10 Å². The molecule has 0 bridgehead atoms. The van der Waals surface area contributed by atoms with Crippen molar-refractivity contribution in [2.24, 2.45) is 5.28 Å². The third-order valence-electron chi connectivity index (χ3n) is 4.21. The lowest BCUT2D eigenvalue weighted by Crippen LogP contribution is -2.42. The third-order valence-corrected chi connectivity index (χ3v) is 4.21. The number of hydrogen-bond donors (Lipinski definition) is 0. The van der Waals surface area contributed by atoms with Crippen molar-refractivity contribution in [3.8, 4) is 0 Å². The van der Waals surface area contributed by atoms with Crippen LogP contribution >= 0.6 is 0 Å². The number of rotatable bonds is 4. The highest BCUT2D eigenvalue weighted by Crippen LogP contribution is 2.24. The number of aryl methyl sites for hydroxylation is 2. The van der Waals surface area contributed by atoms with E-state index in [-0.39, 0.29) is 11.6 Å². The van der Waals surface area contributed by atoms with Crippen LogP contribution < -0.4 is 4.90 Å². The molecule has 0 N–H and O–H groups in total. The molecule has 0 radical (unpaired) electrons. The van der Waals surface area contributed by atoms with E-state index in [9.17, 15) is 5.21 Å². The van der Waals surface area contributed by atoms with Crippen molar-refractivity contribution < 1.29 is 9.81 Å². The van der Waals surface area contributed by atoms with E-state index in [0.29, 0.717) is 4.97 Å². The van der Waals surface area contributed by atoms with Crippen molar-refractivity contribution in [1.29, 1.82) is 0 Å². The van der Waals surface area contributed by atoms with Crippen molar-refractivity contribution in [2.45, 2.75) is 52.7 Å². The Labute approximate surface area is 138 Å². The van der Waals surface area contributed by atoms with Gasteiger partial charge >= 0.3 is 0 Å². The predicted molar refractivity (Wildman–Crippen MR) is 91.2 cm³/mol. The Morgan fingerprint density at radius 1 is 1.26 bits per heavy atom. The Kier molecular flexibility index (Phi) is 5.02. The number of anilines is 1. The Balaban J connectivity index is 1.95. The van der Waals surface area contributed by atoms with Crippen molar-refractivity contribution >= 4 is 5.69 Å². The standard InChI is InChI=1S/C17H28N4O2/c1-13-9-14(2)11-15(10-13)20-8-7-16(12-20)23-18-21(22)19(6)17(3,4)5/h9-11,16H,7-8,12H2,1-6H3/b21-18-/t16-/m1/s1. The van der Waals surface area contributed by atoms with Gasteiger partial charge in [0.1, 0.15) is 0 Å². The first-order valence-electron chi connectivity index (χ1n) is 8.08. The molecule has 1 atom stereocenters. The molecule has 1 fully saturated rings. The average molecular weight is 320 g/mol. The zero-order valence-electron chi connectivity index (χ0n) is 15.0. The van der Waals surface area contributed by atoms with Crippen LogP contribution in [0.1, 0.15) is 38.3 Å². The van der Waals surface area contributed by atoms with E-state index >= 15 is 0 Å². The number of benzene rings is 1. The van der Waals surface area contributed by atoms with Crippen LogP contribution in [0.3, 0.4) is 0 Å². The van der Waals surface area contributed by atoms with E-state index in [2.05, 4.69) is 42.2 Å². The monoisotopic (exact) mass is 320 g/mol. The molecule has 0 unspecified atom stereocenters. The Bertz CT molecular complexity index is 560. The molecule has 0 amide bonds. The highest BCUT2D eigenvalue weighted by atomic mass is 16.7. The maximum Gasteiger partial charge on any atom is 0.233 e. The van der Waals surface area contributed by atoms with Crippen LogP contribution in [0.25, 0.3) is 0 Å². The molecule has 1 aliphatic rings. The number of hydrazine groups is 1. The van der Waals surface area contributed by atoms with Crippen LogP contribution in [0, 0.1) is 19.1 Å². The Hall–Kier alpha value is -1.98. The minimum absolute atomic E-state index is 0.0550. The minimum Gasteiger partial charge on any atom is -0.569 e. The lowest BCUT2D eigenvalue weighted by molar-refractivity contribution is -0.720. The van der Waals surface area contributed by atoms with Gasteiger partial charge in [0.2, 0.25) is 5.28 Å². The largest absolute Gasteiger partial charge is 0.569 e. The van der Waals surface area contributed by atoms with Gasteiger partial charge in [-0.05, 0) is 57.9 Å². The molecule has 0 aromatic heterocycles. The van der Waals surface area contributed by atoms with Gasteiger partial charge in [0, 0.05) is 18.7 Å². The molecule has 0 spiro atoms. The van der Waals surface area contributed by atoms with E-state index in [0.717, 1.165) is 19.5 Å². The summed E-state index contributed by atoms with van der Waals surface area (Å²) in [5, 5.41) is 17.1. The summed E-state index contributed by atoms with van der Waals surface area (Å²) in [6.45, 7) is 11.7. The highest BCUT2D eigenvalue weighted by molar-refractivity contribution is 5.51. The molecule has 1 saturated heterocycles. The van der Waals surface area contributed by atoms with Gasteiger partial charge in [0.05, 0.1) is 24.1 Å². The van der Waals surface area contributed by atoms with Crippen LogP contribution in [0.5, 0.6) is 0 Å². The van der Waals surface area contributed by atoms with Crippen molar-refractivity contribution in [2.75, 3.05) is 25.0 Å². The summed E-state index contributed by atoms with van der Waals surface area (Å²) < 4.78 is 0. The lowest BCUT2D eigenvalue weighted by Gasteiger charge is -2.26. The topological polar surface area (TPSA) is 54.1 Å². The maximum atomic E-state index is 11.9. The SMILES string of the molecule is Cc1cc(C)cc(N2CC[C@@H](O/N=[N+](\[O-])N(C)C(C)(C)C)C2)c1. The number of nitrogens with zero attached hydrogens (tertiary/aromatic N) is 4. The van der Waals surface area contributed by atoms with Crippen molar-refractivity contribution in [3.63, 3.8) is 0 Å². The minimum atomic E-state index is -0.296. The van der Waals surface area contributed by atoms with Crippen LogP contribution in [-0.2, 0) is 4.84 Å². The second kappa shape index (κ2) is 6.64. The fraction of sp³-hybridized carbons (Fsp3) is 0.647. The molecule has 6 nitrogen and oxygen atoms in total. The van der Waals surface area contributed by atoms with Gasteiger partial charge in [-0.15, -0.1) is 5.01 Å². The molecule has 1 aromatic carbocycles. The van der Waals surface area contributed by atoms with Crippen molar-refractivity contribution in [3.05, 3.63) is 34.5 Å². The van der Waals surface area contributed by atoms with Gasteiger partial charge in [-0.25, -0.2) is 0 Å². The van der Waals surface area contributed by atoms with E-state index < -0.39 is 0 Å². The third kappa shape index (κ3) is 4.50. The van der Waals surface area contributed by atoms with Gasteiger partial charge in [-0.3, -0.25) is 0 Å². The molecule has 1 heterocycles. The second-order valence-corrected chi connectivity index (χ2v) is 7.34. The quantitative estimate of drug-likeness (QED) is 0.484. The molecule has 0 aliphatic carbocycles. The zero-order valence-corrected chi connectivity index (χ0v) is 15.0. The van der Waals surface area contributed by atoms with Crippen LogP contribution in [-0.4, -0.2) is 41.8 Å². The summed E-state index contributed by atoms with van der Waals surface area (Å²) in [6.07, 6.45) is 0.810. The molecule has 1 aromatic rings. The van der Waals surface area contributed by atoms with E-state index in [4.69, 9.17) is 4.84 Å². The summed E-state index contributed by atoms with van der Waals surface area (Å²) >= 11 is 0. The first-order chi connectivity index (χ1) is 10.7. The van der Waals surface area contributed by atoms with E-state index in [1.165, 1.54) is 21.8 Å². The molecule has 6 heteroatoms. The zero-order chi connectivity index (χ0) is 17.2. The summed E-state index contributed by atoms with van der Waals surface area (Å²) in [4.78, 5) is 8.26. The first-order valence-corrected chi connectivity index (χ1v) is 8.08. The van der Waals surface area contributed by atoms with E-state index in [1.54, 1.807) is 7.05 Å². The van der Waals surface area contributed by atoms with Gasteiger partial charge in [-0.1, -0.05) is 6.07 Å². The van der Waals surface area contributed by atoms with Gasteiger partial charge in [-0.2, -0.15) is 0 Å². The summed E-state index contributed by atoms with van der Waals surface area (Å²) in [6, 6.07) is 6.53. The molecule has 23 heavy (non-hydrogen) atoms. The fourth-order valence-corrected chi connectivity index (χ4v) is 2.60. The molecule has 2 rings (SSSR count). The maximum absolute atomic E-state index is 11.9. The van der Waals surface area contributed by atoms with Crippen LogP contribution in [0.2, 0.25) is 0 Å². The molecule has 0 saturated carbocycles. The van der Waals surface area contributed by atoms with Crippen LogP contribution in [0.4, 0.5) is 5.69 Å². The fourth-order valence-electron chi connectivity index (χ4n) is 2.60. The lowest BCUT2D eigenvalue weighted by atomic mass is 10.1. The molecular formula is C17H28N4O2.